The number of rotatable bonds is 6. The van der Waals surface area contributed by atoms with E-state index in [2.05, 4.69) is 46.2 Å². The minimum Gasteiger partial charge on any atom is -0.367 e. The summed E-state index contributed by atoms with van der Waals surface area (Å²) in [5.74, 6) is 1.15. The van der Waals surface area contributed by atoms with Crippen LogP contribution in [0.5, 0.6) is 0 Å². The maximum absolute atomic E-state index is 14.5. The second-order valence-electron chi connectivity index (χ2n) is 6.91. The predicted octanol–water partition coefficient (Wildman–Crippen LogP) is 2.91. The first-order chi connectivity index (χ1) is 12.0. The molecule has 0 amide bonds. The third kappa shape index (κ3) is 6.90. The van der Waals surface area contributed by atoms with Gasteiger partial charge in [0.2, 0.25) is 0 Å². The molecule has 0 radical (unpaired) electrons. The summed E-state index contributed by atoms with van der Waals surface area (Å²) in [5, 5.41) is 6.49. The first-order valence-electron chi connectivity index (χ1n) is 9.23. The molecule has 0 unspecified atom stereocenters. The Bertz CT molecular complexity index is 571. The molecule has 1 aromatic rings. The van der Waals surface area contributed by atoms with Crippen molar-refractivity contribution in [2.75, 3.05) is 51.2 Å². The molecule has 1 aliphatic rings. The van der Waals surface area contributed by atoms with Crippen LogP contribution in [-0.2, 0) is 6.54 Å². The fourth-order valence-electron chi connectivity index (χ4n) is 2.93. The van der Waals surface area contributed by atoms with Gasteiger partial charge in [-0.2, -0.15) is 0 Å². The van der Waals surface area contributed by atoms with Gasteiger partial charge < -0.3 is 20.4 Å². The van der Waals surface area contributed by atoms with Gasteiger partial charge in [0.25, 0.3) is 0 Å². The van der Waals surface area contributed by atoms with Gasteiger partial charge in [-0.05, 0) is 30.2 Å². The average Bonchev–Trinajstić information content (AvgIpc) is 2.62. The second-order valence-corrected chi connectivity index (χ2v) is 6.91. The summed E-state index contributed by atoms with van der Waals surface area (Å²) in [6.45, 7) is 12.7. The van der Waals surface area contributed by atoms with Crippen molar-refractivity contribution >= 4 is 35.6 Å². The minimum absolute atomic E-state index is 0. The van der Waals surface area contributed by atoms with Crippen molar-refractivity contribution in [3.63, 3.8) is 0 Å². The Morgan fingerprint density at radius 1 is 1.19 bits per heavy atom. The zero-order valence-electron chi connectivity index (χ0n) is 16.4. The molecule has 1 aliphatic heterocycles. The van der Waals surface area contributed by atoms with Crippen molar-refractivity contribution in [3.05, 3.63) is 29.6 Å². The van der Waals surface area contributed by atoms with E-state index in [4.69, 9.17) is 0 Å². The van der Waals surface area contributed by atoms with Crippen LogP contribution in [0, 0.1) is 11.7 Å². The largest absolute Gasteiger partial charge is 0.367 e. The standard InChI is InChI=1S/C19H32FN5.HI/c1-5-24-8-10-25(11-9-24)18-7-6-16(12-17(18)20)14-23-19(21-4)22-13-15(2)3;/h6-7,12,15H,5,8-11,13-14H2,1-4H3,(H2,21,22,23);1H. The number of piperazine rings is 1. The molecule has 7 heteroatoms. The molecule has 148 valence electrons. The zero-order chi connectivity index (χ0) is 18.2. The highest BCUT2D eigenvalue weighted by atomic mass is 127. The molecule has 1 aromatic carbocycles. The molecule has 26 heavy (non-hydrogen) atoms. The third-order valence-corrected chi connectivity index (χ3v) is 4.53. The topological polar surface area (TPSA) is 42.9 Å². The van der Waals surface area contributed by atoms with Gasteiger partial charge in [-0.1, -0.05) is 26.8 Å². The van der Waals surface area contributed by atoms with Crippen molar-refractivity contribution in [1.29, 1.82) is 0 Å². The summed E-state index contributed by atoms with van der Waals surface area (Å²) < 4.78 is 14.5. The monoisotopic (exact) mass is 477 g/mol. The van der Waals surface area contributed by atoms with Gasteiger partial charge in [0.05, 0.1) is 5.69 Å². The van der Waals surface area contributed by atoms with Gasteiger partial charge in [0.15, 0.2) is 5.96 Å². The lowest BCUT2D eigenvalue weighted by Gasteiger charge is -2.35. The van der Waals surface area contributed by atoms with Crippen molar-refractivity contribution < 1.29 is 4.39 Å². The number of guanidine groups is 1. The highest BCUT2D eigenvalue weighted by Crippen LogP contribution is 2.22. The maximum Gasteiger partial charge on any atom is 0.191 e. The lowest BCUT2D eigenvalue weighted by Crippen LogP contribution is -2.46. The van der Waals surface area contributed by atoms with Gasteiger partial charge >= 0.3 is 0 Å². The molecule has 0 aromatic heterocycles. The van der Waals surface area contributed by atoms with E-state index in [0.29, 0.717) is 18.2 Å². The number of halogens is 2. The van der Waals surface area contributed by atoms with Crippen LogP contribution in [0.25, 0.3) is 0 Å². The smallest absolute Gasteiger partial charge is 0.191 e. The Labute approximate surface area is 174 Å². The Kier molecular flexibility index (Phi) is 10.2. The molecular weight excluding hydrogens is 444 g/mol. The number of nitrogens with zero attached hydrogens (tertiary/aromatic N) is 3. The molecule has 0 bridgehead atoms. The van der Waals surface area contributed by atoms with Crippen molar-refractivity contribution in [1.82, 2.24) is 15.5 Å². The molecule has 0 aliphatic carbocycles. The first-order valence-corrected chi connectivity index (χ1v) is 9.23. The van der Waals surface area contributed by atoms with E-state index >= 15 is 0 Å². The van der Waals surface area contributed by atoms with Crippen LogP contribution in [0.4, 0.5) is 10.1 Å². The molecule has 2 N–H and O–H groups in total. The van der Waals surface area contributed by atoms with E-state index in [0.717, 1.165) is 50.8 Å². The molecule has 1 saturated heterocycles. The van der Waals surface area contributed by atoms with Crippen molar-refractivity contribution in [2.45, 2.75) is 27.3 Å². The number of hydrogen-bond donors (Lipinski definition) is 2. The normalized spacial score (nSPS) is 15.8. The summed E-state index contributed by atoms with van der Waals surface area (Å²) in [6, 6.07) is 5.52. The number of benzene rings is 1. The summed E-state index contributed by atoms with van der Waals surface area (Å²) >= 11 is 0. The van der Waals surface area contributed by atoms with E-state index in [9.17, 15) is 4.39 Å². The van der Waals surface area contributed by atoms with Gasteiger partial charge in [-0.3, -0.25) is 4.99 Å². The number of aliphatic imine (C=N–C) groups is 1. The number of anilines is 1. The SMILES string of the molecule is CCN1CCN(c2ccc(CNC(=NC)NCC(C)C)cc2F)CC1.I. The van der Waals surface area contributed by atoms with Crippen LogP contribution in [0.15, 0.2) is 23.2 Å². The van der Waals surface area contributed by atoms with E-state index in [1.165, 1.54) is 0 Å². The van der Waals surface area contributed by atoms with E-state index < -0.39 is 0 Å². The number of hydrogen-bond acceptors (Lipinski definition) is 3. The van der Waals surface area contributed by atoms with Crippen molar-refractivity contribution in [3.8, 4) is 0 Å². The molecule has 0 saturated carbocycles. The Morgan fingerprint density at radius 3 is 2.42 bits per heavy atom. The van der Waals surface area contributed by atoms with Crippen molar-refractivity contribution in [2.24, 2.45) is 10.9 Å². The molecule has 5 nitrogen and oxygen atoms in total. The summed E-state index contributed by atoms with van der Waals surface area (Å²) in [6.07, 6.45) is 0. The van der Waals surface area contributed by atoms with Gasteiger partial charge in [0, 0.05) is 46.3 Å². The Hall–Kier alpha value is -1.09. The van der Waals surface area contributed by atoms with E-state index in [-0.39, 0.29) is 29.8 Å². The minimum atomic E-state index is -0.144. The molecule has 1 fully saturated rings. The van der Waals surface area contributed by atoms with Crippen LogP contribution in [-0.4, -0.2) is 57.2 Å². The van der Waals surface area contributed by atoms with E-state index in [1.54, 1.807) is 13.1 Å². The highest BCUT2D eigenvalue weighted by Gasteiger charge is 2.18. The van der Waals surface area contributed by atoms with Crippen LogP contribution in [0.2, 0.25) is 0 Å². The van der Waals surface area contributed by atoms with E-state index in [1.807, 2.05) is 12.1 Å². The predicted molar refractivity (Wildman–Crippen MR) is 119 cm³/mol. The lowest BCUT2D eigenvalue weighted by molar-refractivity contribution is 0.270. The lowest BCUT2D eigenvalue weighted by atomic mass is 10.1. The van der Waals surface area contributed by atoms with Crippen LogP contribution >= 0.6 is 24.0 Å². The molecule has 1 heterocycles. The van der Waals surface area contributed by atoms with Gasteiger partial charge in [-0.15, -0.1) is 24.0 Å². The molecule has 0 spiro atoms. The number of nitrogens with one attached hydrogen (secondary N) is 2. The fourth-order valence-corrected chi connectivity index (χ4v) is 2.93. The average molecular weight is 477 g/mol. The highest BCUT2D eigenvalue weighted by molar-refractivity contribution is 14.0. The molecular formula is C19H33FIN5. The number of likely N-dealkylation sites (N-methyl/N-ethyl adjacent to an activating group) is 1. The quantitative estimate of drug-likeness (QED) is 0.376. The van der Waals surface area contributed by atoms with Crippen LogP contribution in [0.1, 0.15) is 26.3 Å². The third-order valence-electron chi connectivity index (χ3n) is 4.53. The summed E-state index contributed by atoms with van der Waals surface area (Å²) in [4.78, 5) is 8.72. The Balaban J connectivity index is 0.00000338. The van der Waals surface area contributed by atoms with Crippen LogP contribution < -0.4 is 15.5 Å². The Morgan fingerprint density at radius 2 is 1.88 bits per heavy atom. The summed E-state index contributed by atoms with van der Waals surface area (Å²) in [7, 11) is 1.75. The maximum atomic E-state index is 14.5. The van der Waals surface area contributed by atoms with Gasteiger partial charge in [0.1, 0.15) is 5.82 Å². The van der Waals surface area contributed by atoms with Gasteiger partial charge in [-0.25, -0.2) is 4.39 Å². The molecule has 0 atom stereocenters. The summed E-state index contributed by atoms with van der Waals surface area (Å²) in [5.41, 5.74) is 1.63. The fraction of sp³-hybridized carbons (Fsp3) is 0.632. The zero-order valence-corrected chi connectivity index (χ0v) is 18.7. The van der Waals surface area contributed by atoms with Crippen LogP contribution in [0.3, 0.4) is 0 Å². The second kappa shape index (κ2) is 11.6. The molecule has 2 rings (SSSR count). The first kappa shape index (κ1) is 23.0.